The molecule has 0 spiro atoms. The molecule has 0 aliphatic rings. The number of carbonyl (C=O) groups excluding carboxylic acids is 1. The Morgan fingerprint density at radius 1 is 1.12 bits per heavy atom. The molecular formula is C18H18FN3OS. The standard InChI is InChI=1S/C18H18FN3OS/c19-14-5-3-4-13(12-14)8-9-17(23)20-10-11-21-18-22-15-6-1-2-7-16(15)24-18/h1-7,12H,8-11H2,(H,20,23)(H,21,22). The quantitative estimate of drug-likeness (QED) is 0.645. The second-order valence-electron chi connectivity index (χ2n) is 5.39. The number of halogens is 1. The molecule has 24 heavy (non-hydrogen) atoms. The van der Waals surface area contributed by atoms with Crippen LogP contribution in [0.1, 0.15) is 12.0 Å². The van der Waals surface area contributed by atoms with Crippen LogP contribution in [-0.2, 0) is 11.2 Å². The van der Waals surface area contributed by atoms with Gasteiger partial charge in [-0.25, -0.2) is 9.37 Å². The number of benzene rings is 2. The first-order valence-electron chi connectivity index (χ1n) is 7.81. The normalized spacial score (nSPS) is 10.7. The number of rotatable bonds is 7. The Hall–Kier alpha value is -2.47. The summed E-state index contributed by atoms with van der Waals surface area (Å²) in [5.41, 5.74) is 1.81. The van der Waals surface area contributed by atoms with Gasteiger partial charge in [-0.2, -0.15) is 0 Å². The van der Waals surface area contributed by atoms with Crippen LogP contribution in [0.25, 0.3) is 10.2 Å². The zero-order valence-electron chi connectivity index (χ0n) is 13.1. The molecule has 2 aromatic carbocycles. The summed E-state index contributed by atoms with van der Waals surface area (Å²) in [6.07, 6.45) is 0.888. The number of aromatic nitrogens is 1. The lowest BCUT2D eigenvalue weighted by atomic mass is 10.1. The van der Waals surface area contributed by atoms with E-state index in [4.69, 9.17) is 0 Å². The van der Waals surface area contributed by atoms with Gasteiger partial charge >= 0.3 is 0 Å². The van der Waals surface area contributed by atoms with Crippen LogP contribution in [0.5, 0.6) is 0 Å². The fourth-order valence-electron chi connectivity index (χ4n) is 2.36. The number of hydrogen-bond donors (Lipinski definition) is 2. The van der Waals surface area contributed by atoms with Crippen molar-refractivity contribution in [2.75, 3.05) is 18.4 Å². The second kappa shape index (κ2) is 7.88. The zero-order chi connectivity index (χ0) is 16.8. The molecule has 0 bridgehead atoms. The van der Waals surface area contributed by atoms with Gasteiger partial charge in [0, 0.05) is 19.5 Å². The summed E-state index contributed by atoms with van der Waals surface area (Å²) in [5, 5.41) is 6.92. The minimum absolute atomic E-state index is 0.0367. The van der Waals surface area contributed by atoms with Crippen molar-refractivity contribution in [2.45, 2.75) is 12.8 Å². The van der Waals surface area contributed by atoms with Gasteiger partial charge < -0.3 is 10.6 Å². The van der Waals surface area contributed by atoms with Gasteiger partial charge in [-0.05, 0) is 36.2 Å². The molecule has 124 valence electrons. The number of aryl methyl sites for hydroxylation is 1. The molecular weight excluding hydrogens is 325 g/mol. The molecule has 0 atom stereocenters. The second-order valence-corrected chi connectivity index (χ2v) is 6.42. The predicted octanol–water partition coefficient (Wildman–Crippen LogP) is 3.60. The Kier molecular flexibility index (Phi) is 5.38. The molecule has 0 aliphatic carbocycles. The number of anilines is 1. The summed E-state index contributed by atoms with van der Waals surface area (Å²) in [5.74, 6) is -0.307. The summed E-state index contributed by atoms with van der Waals surface area (Å²) < 4.78 is 14.2. The lowest BCUT2D eigenvalue weighted by Gasteiger charge is -2.06. The molecule has 0 aliphatic heterocycles. The lowest BCUT2D eigenvalue weighted by Crippen LogP contribution is -2.28. The molecule has 0 radical (unpaired) electrons. The van der Waals surface area contributed by atoms with E-state index in [0.717, 1.165) is 20.9 Å². The van der Waals surface area contributed by atoms with Crippen molar-refractivity contribution in [1.29, 1.82) is 0 Å². The van der Waals surface area contributed by atoms with E-state index in [1.807, 2.05) is 30.3 Å². The summed E-state index contributed by atoms with van der Waals surface area (Å²) >= 11 is 1.59. The van der Waals surface area contributed by atoms with Gasteiger partial charge in [-0.3, -0.25) is 4.79 Å². The van der Waals surface area contributed by atoms with E-state index in [1.54, 1.807) is 17.4 Å². The molecule has 0 saturated carbocycles. The van der Waals surface area contributed by atoms with Gasteiger partial charge in [0.2, 0.25) is 5.91 Å². The molecule has 3 rings (SSSR count). The van der Waals surface area contributed by atoms with Crippen LogP contribution < -0.4 is 10.6 Å². The van der Waals surface area contributed by atoms with Gasteiger partial charge in [0.05, 0.1) is 10.2 Å². The zero-order valence-corrected chi connectivity index (χ0v) is 13.9. The molecule has 2 N–H and O–H groups in total. The fraction of sp³-hybridized carbons (Fsp3) is 0.222. The van der Waals surface area contributed by atoms with Gasteiger partial charge in [0.15, 0.2) is 5.13 Å². The first-order valence-corrected chi connectivity index (χ1v) is 8.63. The van der Waals surface area contributed by atoms with Gasteiger partial charge in [-0.15, -0.1) is 0 Å². The van der Waals surface area contributed by atoms with Crippen molar-refractivity contribution in [3.8, 4) is 0 Å². The van der Waals surface area contributed by atoms with E-state index in [1.165, 1.54) is 12.1 Å². The SMILES string of the molecule is O=C(CCc1cccc(F)c1)NCCNc1nc2ccccc2s1. The molecule has 0 saturated heterocycles. The van der Waals surface area contributed by atoms with Crippen molar-refractivity contribution < 1.29 is 9.18 Å². The maximum absolute atomic E-state index is 13.1. The molecule has 0 unspecified atom stereocenters. The first kappa shape index (κ1) is 16.4. The highest BCUT2D eigenvalue weighted by atomic mass is 32.1. The summed E-state index contributed by atoms with van der Waals surface area (Å²) in [4.78, 5) is 16.3. The highest BCUT2D eigenvalue weighted by Crippen LogP contribution is 2.24. The van der Waals surface area contributed by atoms with Crippen molar-refractivity contribution >= 4 is 32.6 Å². The number of thiazole rings is 1. The number of nitrogens with zero attached hydrogens (tertiary/aromatic N) is 1. The lowest BCUT2D eigenvalue weighted by molar-refractivity contribution is -0.120. The Labute approximate surface area is 143 Å². The Morgan fingerprint density at radius 2 is 2.00 bits per heavy atom. The molecule has 1 amide bonds. The van der Waals surface area contributed by atoms with E-state index < -0.39 is 0 Å². The van der Waals surface area contributed by atoms with E-state index >= 15 is 0 Å². The average Bonchev–Trinajstić information content (AvgIpc) is 3.00. The van der Waals surface area contributed by atoms with Crippen LogP contribution in [0.2, 0.25) is 0 Å². The van der Waals surface area contributed by atoms with Crippen LogP contribution in [0.15, 0.2) is 48.5 Å². The third-order valence-corrected chi connectivity index (χ3v) is 4.54. The predicted molar refractivity (Wildman–Crippen MR) is 95.8 cm³/mol. The number of carbonyl (C=O) groups is 1. The minimum atomic E-state index is -0.270. The third kappa shape index (κ3) is 4.52. The summed E-state index contributed by atoms with van der Waals surface area (Å²) in [6.45, 7) is 1.14. The average molecular weight is 343 g/mol. The number of fused-ring (bicyclic) bond motifs is 1. The third-order valence-electron chi connectivity index (χ3n) is 3.55. The highest BCUT2D eigenvalue weighted by Gasteiger charge is 2.04. The topological polar surface area (TPSA) is 54.0 Å². The van der Waals surface area contributed by atoms with Gasteiger partial charge in [-0.1, -0.05) is 35.6 Å². The number of amides is 1. The van der Waals surface area contributed by atoms with Crippen molar-refractivity contribution in [3.63, 3.8) is 0 Å². The Morgan fingerprint density at radius 3 is 2.83 bits per heavy atom. The van der Waals surface area contributed by atoms with Gasteiger partial charge in [0.25, 0.3) is 0 Å². The van der Waals surface area contributed by atoms with Crippen LogP contribution in [-0.4, -0.2) is 24.0 Å². The van der Waals surface area contributed by atoms with E-state index in [9.17, 15) is 9.18 Å². The molecule has 6 heteroatoms. The maximum atomic E-state index is 13.1. The monoisotopic (exact) mass is 343 g/mol. The first-order chi connectivity index (χ1) is 11.7. The van der Waals surface area contributed by atoms with E-state index in [2.05, 4.69) is 15.6 Å². The number of hydrogen-bond acceptors (Lipinski definition) is 4. The van der Waals surface area contributed by atoms with Crippen LogP contribution in [0.3, 0.4) is 0 Å². The Bertz CT molecular complexity index is 801. The minimum Gasteiger partial charge on any atom is -0.360 e. The molecule has 1 heterocycles. The van der Waals surface area contributed by atoms with Crippen molar-refractivity contribution in [3.05, 3.63) is 59.9 Å². The van der Waals surface area contributed by atoms with Crippen molar-refractivity contribution in [1.82, 2.24) is 10.3 Å². The fourth-order valence-corrected chi connectivity index (χ4v) is 3.25. The van der Waals surface area contributed by atoms with E-state index in [0.29, 0.717) is 25.9 Å². The van der Waals surface area contributed by atoms with E-state index in [-0.39, 0.29) is 11.7 Å². The van der Waals surface area contributed by atoms with Crippen LogP contribution in [0, 0.1) is 5.82 Å². The molecule has 4 nitrogen and oxygen atoms in total. The van der Waals surface area contributed by atoms with Crippen LogP contribution in [0.4, 0.5) is 9.52 Å². The molecule has 3 aromatic rings. The Balaban J connectivity index is 1.37. The smallest absolute Gasteiger partial charge is 0.220 e. The summed E-state index contributed by atoms with van der Waals surface area (Å²) in [6, 6.07) is 14.3. The maximum Gasteiger partial charge on any atom is 0.220 e. The van der Waals surface area contributed by atoms with Crippen molar-refractivity contribution in [2.24, 2.45) is 0 Å². The van der Waals surface area contributed by atoms with Gasteiger partial charge in [0.1, 0.15) is 5.82 Å². The number of para-hydroxylation sites is 1. The highest BCUT2D eigenvalue weighted by molar-refractivity contribution is 7.22. The number of nitrogens with one attached hydrogen (secondary N) is 2. The largest absolute Gasteiger partial charge is 0.360 e. The van der Waals surface area contributed by atoms with Crippen LogP contribution >= 0.6 is 11.3 Å². The molecule has 1 aromatic heterocycles. The summed E-state index contributed by atoms with van der Waals surface area (Å²) in [7, 11) is 0. The molecule has 0 fully saturated rings.